The van der Waals surface area contributed by atoms with Gasteiger partial charge in [0.15, 0.2) is 0 Å². The zero-order valence-electron chi connectivity index (χ0n) is 25.6. The summed E-state index contributed by atoms with van der Waals surface area (Å²) in [6, 6.07) is 59.1. The SMILES string of the molecule is c1ccc(N2c3ccccc3NC2c2ccc(-n3c4ccc5ccccc5c4c4ccc5c(ccn5-c5ccccc5)c43)cc2)cc1. The first-order chi connectivity index (χ1) is 23.3. The van der Waals surface area contributed by atoms with Gasteiger partial charge in [-0.25, -0.2) is 0 Å². The second-order valence-corrected chi connectivity index (χ2v) is 12.3. The highest BCUT2D eigenvalue weighted by Crippen LogP contribution is 2.46. The molecule has 9 aromatic rings. The number of para-hydroxylation sites is 4. The second-order valence-electron chi connectivity index (χ2n) is 12.3. The summed E-state index contributed by atoms with van der Waals surface area (Å²) in [6.07, 6.45) is 2.18. The first-order valence-corrected chi connectivity index (χ1v) is 16.1. The molecule has 47 heavy (non-hydrogen) atoms. The van der Waals surface area contributed by atoms with E-state index in [1.54, 1.807) is 0 Å². The van der Waals surface area contributed by atoms with E-state index in [0.717, 1.165) is 17.1 Å². The topological polar surface area (TPSA) is 25.1 Å². The molecular formula is C43H30N4. The molecule has 0 fully saturated rings. The Bertz CT molecular complexity index is 2600. The summed E-state index contributed by atoms with van der Waals surface area (Å²) < 4.78 is 4.75. The molecule has 0 aliphatic carbocycles. The van der Waals surface area contributed by atoms with Crippen LogP contribution in [0.15, 0.2) is 170 Å². The Balaban J connectivity index is 1.18. The van der Waals surface area contributed by atoms with E-state index in [9.17, 15) is 0 Å². The van der Waals surface area contributed by atoms with Crippen molar-refractivity contribution in [1.29, 1.82) is 0 Å². The van der Waals surface area contributed by atoms with Crippen LogP contribution in [0.2, 0.25) is 0 Å². The maximum Gasteiger partial charge on any atom is 0.130 e. The number of hydrogen-bond acceptors (Lipinski definition) is 2. The fourth-order valence-electron chi connectivity index (χ4n) is 7.65. The highest BCUT2D eigenvalue weighted by atomic mass is 15.3. The fraction of sp³-hybridized carbons (Fsp3) is 0.0233. The highest BCUT2D eigenvalue weighted by molar-refractivity contribution is 6.25. The van der Waals surface area contributed by atoms with E-state index in [1.807, 2.05) is 0 Å². The lowest BCUT2D eigenvalue weighted by Gasteiger charge is -2.27. The summed E-state index contributed by atoms with van der Waals surface area (Å²) in [7, 11) is 0. The predicted molar refractivity (Wildman–Crippen MR) is 197 cm³/mol. The van der Waals surface area contributed by atoms with E-state index in [0.29, 0.717) is 0 Å². The molecule has 0 saturated carbocycles. The van der Waals surface area contributed by atoms with Gasteiger partial charge in [0.25, 0.3) is 0 Å². The Labute approximate surface area is 272 Å². The largest absolute Gasteiger partial charge is 0.359 e. The Morgan fingerprint density at radius 3 is 2.00 bits per heavy atom. The third kappa shape index (κ3) is 3.88. The number of benzene rings is 7. The minimum atomic E-state index is -0.0162. The highest BCUT2D eigenvalue weighted by Gasteiger charge is 2.31. The summed E-state index contributed by atoms with van der Waals surface area (Å²) in [5.41, 5.74) is 10.6. The van der Waals surface area contributed by atoms with Crippen molar-refractivity contribution in [3.63, 3.8) is 0 Å². The van der Waals surface area contributed by atoms with Crippen molar-refractivity contribution in [1.82, 2.24) is 9.13 Å². The van der Waals surface area contributed by atoms with Crippen molar-refractivity contribution < 1.29 is 0 Å². The van der Waals surface area contributed by atoms with Gasteiger partial charge in [-0.1, -0.05) is 97.1 Å². The van der Waals surface area contributed by atoms with Gasteiger partial charge in [-0.3, -0.25) is 0 Å². The standard InChI is InChI=1S/C43H30N4/c1-3-12-31(13-4-1)45-28-27-35-38(45)26-24-36-41-34-16-8-7-11-29(34)21-25-40(41)46(42(35)36)33-22-19-30(20-23-33)43-44-37-17-9-10-18-39(37)47(43)32-14-5-2-6-15-32/h1-28,43-44H. The van der Waals surface area contributed by atoms with Crippen LogP contribution in [0.4, 0.5) is 17.1 Å². The number of fused-ring (bicyclic) bond motifs is 8. The van der Waals surface area contributed by atoms with Crippen LogP contribution in [0, 0.1) is 0 Å². The summed E-state index contributed by atoms with van der Waals surface area (Å²) in [5, 5.41) is 10.1. The van der Waals surface area contributed by atoms with Gasteiger partial charge in [0.1, 0.15) is 6.17 Å². The molecule has 0 bridgehead atoms. The summed E-state index contributed by atoms with van der Waals surface area (Å²) >= 11 is 0. The summed E-state index contributed by atoms with van der Waals surface area (Å²) in [5.74, 6) is 0. The van der Waals surface area contributed by atoms with Gasteiger partial charge in [0, 0.05) is 39.4 Å². The van der Waals surface area contributed by atoms with Crippen molar-refractivity contribution >= 4 is 60.5 Å². The number of hydrogen-bond donors (Lipinski definition) is 1. The normalized spacial score (nSPS) is 14.3. The minimum Gasteiger partial charge on any atom is -0.359 e. The van der Waals surface area contributed by atoms with E-state index < -0.39 is 0 Å². The van der Waals surface area contributed by atoms with Gasteiger partial charge < -0.3 is 19.4 Å². The fourth-order valence-corrected chi connectivity index (χ4v) is 7.65. The third-order valence-corrected chi connectivity index (χ3v) is 9.73. The van der Waals surface area contributed by atoms with Crippen LogP contribution < -0.4 is 10.2 Å². The lowest BCUT2D eigenvalue weighted by Crippen LogP contribution is -2.23. The lowest BCUT2D eigenvalue weighted by molar-refractivity contribution is 0.827. The number of anilines is 3. The molecule has 1 aliphatic rings. The molecule has 10 rings (SSSR count). The molecule has 1 unspecified atom stereocenters. The molecule has 3 heterocycles. The molecule has 222 valence electrons. The Morgan fingerprint density at radius 1 is 0.468 bits per heavy atom. The van der Waals surface area contributed by atoms with Crippen LogP contribution in [-0.2, 0) is 0 Å². The Hall–Kier alpha value is -6.26. The van der Waals surface area contributed by atoms with Crippen molar-refractivity contribution in [2.24, 2.45) is 0 Å². The van der Waals surface area contributed by atoms with Crippen molar-refractivity contribution in [2.45, 2.75) is 6.17 Å². The van der Waals surface area contributed by atoms with Gasteiger partial charge in [0.05, 0.1) is 27.9 Å². The molecule has 0 amide bonds. The van der Waals surface area contributed by atoms with E-state index >= 15 is 0 Å². The van der Waals surface area contributed by atoms with Gasteiger partial charge >= 0.3 is 0 Å². The molecule has 7 aromatic carbocycles. The quantitative estimate of drug-likeness (QED) is 0.217. The molecule has 0 radical (unpaired) electrons. The van der Waals surface area contributed by atoms with Gasteiger partial charge in [-0.2, -0.15) is 0 Å². The van der Waals surface area contributed by atoms with Crippen LogP contribution >= 0.6 is 0 Å². The van der Waals surface area contributed by atoms with Crippen molar-refractivity contribution in [3.05, 3.63) is 176 Å². The van der Waals surface area contributed by atoms with E-state index in [2.05, 4.69) is 189 Å². The minimum absolute atomic E-state index is 0.0162. The molecular weight excluding hydrogens is 573 g/mol. The number of aromatic nitrogens is 2. The van der Waals surface area contributed by atoms with Crippen LogP contribution in [0.25, 0.3) is 54.9 Å². The number of rotatable bonds is 4. The average Bonchev–Trinajstić information content (AvgIpc) is 3.84. The first-order valence-electron chi connectivity index (χ1n) is 16.1. The van der Waals surface area contributed by atoms with Crippen LogP contribution in [0.3, 0.4) is 0 Å². The van der Waals surface area contributed by atoms with E-state index in [-0.39, 0.29) is 6.17 Å². The molecule has 1 atom stereocenters. The molecule has 0 saturated heterocycles. The molecule has 1 aliphatic heterocycles. The Morgan fingerprint density at radius 2 is 1.17 bits per heavy atom. The Kier molecular flexibility index (Phi) is 5.60. The van der Waals surface area contributed by atoms with Gasteiger partial charge in [-0.15, -0.1) is 0 Å². The van der Waals surface area contributed by atoms with Gasteiger partial charge in [-0.05, 0) is 83.1 Å². The maximum atomic E-state index is 3.79. The predicted octanol–water partition coefficient (Wildman–Crippen LogP) is 11.1. The zero-order valence-corrected chi connectivity index (χ0v) is 25.6. The second kappa shape index (κ2) is 10.1. The van der Waals surface area contributed by atoms with Gasteiger partial charge in [0.2, 0.25) is 0 Å². The summed E-state index contributed by atoms with van der Waals surface area (Å²) in [6.45, 7) is 0. The number of nitrogens with zero attached hydrogens (tertiary/aromatic N) is 3. The average molecular weight is 603 g/mol. The third-order valence-electron chi connectivity index (χ3n) is 9.73. The monoisotopic (exact) mass is 602 g/mol. The lowest BCUT2D eigenvalue weighted by atomic mass is 10.0. The maximum absolute atomic E-state index is 3.79. The molecule has 2 aromatic heterocycles. The van der Waals surface area contributed by atoms with Crippen LogP contribution in [0.5, 0.6) is 0 Å². The van der Waals surface area contributed by atoms with Crippen LogP contribution in [0.1, 0.15) is 11.7 Å². The smallest absolute Gasteiger partial charge is 0.130 e. The molecule has 4 nitrogen and oxygen atoms in total. The zero-order chi connectivity index (χ0) is 30.9. The first kappa shape index (κ1) is 26.0. The molecule has 1 N–H and O–H groups in total. The van der Waals surface area contributed by atoms with E-state index in [4.69, 9.17) is 0 Å². The van der Waals surface area contributed by atoms with E-state index in [1.165, 1.54) is 60.4 Å². The van der Waals surface area contributed by atoms with Crippen molar-refractivity contribution in [2.75, 3.05) is 10.2 Å². The van der Waals surface area contributed by atoms with Crippen molar-refractivity contribution in [3.8, 4) is 11.4 Å². The molecule has 4 heteroatoms. The molecule has 0 spiro atoms. The summed E-state index contributed by atoms with van der Waals surface area (Å²) in [4.78, 5) is 2.40. The number of nitrogens with one attached hydrogen (secondary N) is 1. The van der Waals surface area contributed by atoms with Crippen LogP contribution in [-0.4, -0.2) is 9.13 Å².